The van der Waals surface area contributed by atoms with E-state index >= 15 is 0 Å². The maximum absolute atomic E-state index is 12.6. The van der Waals surface area contributed by atoms with Gasteiger partial charge in [-0.3, -0.25) is 9.59 Å². The van der Waals surface area contributed by atoms with Gasteiger partial charge in [-0.25, -0.2) is 4.68 Å². The van der Waals surface area contributed by atoms with Gasteiger partial charge in [0.2, 0.25) is 5.91 Å². The van der Waals surface area contributed by atoms with Gasteiger partial charge in [0.25, 0.3) is 0 Å². The van der Waals surface area contributed by atoms with Gasteiger partial charge in [0.05, 0.1) is 11.4 Å². The van der Waals surface area contributed by atoms with Gasteiger partial charge >= 0.3 is 0 Å². The molecule has 5 heteroatoms. The number of Topliss-reactive ketones (excluding diaryl/α,β-unsaturated/α-hetero) is 1. The van der Waals surface area contributed by atoms with Crippen molar-refractivity contribution in [3.05, 3.63) is 82.7 Å². The number of aryl methyl sites for hydroxylation is 2. The maximum atomic E-state index is 12.6. The summed E-state index contributed by atoms with van der Waals surface area (Å²) in [6.07, 6.45) is 0.418. The molecule has 1 aromatic heterocycles. The van der Waals surface area contributed by atoms with Crippen LogP contribution in [0.15, 0.2) is 54.6 Å². The number of carbonyl (C=O) groups excluding carboxylic acids is 2. The molecule has 1 heterocycles. The van der Waals surface area contributed by atoms with E-state index in [4.69, 9.17) is 0 Å². The normalized spacial score (nSPS) is 10.8. The number of hydrogen-bond donors (Lipinski definition) is 0. The van der Waals surface area contributed by atoms with Crippen molar-refractivity contribution in [1.29, 1.82) is 0 Å². The maximum Gasteiger partial charge on any atom is 0.223 e. The Morgan fingerprint density at radius 3 is 2.24 bits per heavy atom. The highest BCUT2D eigenvalue weighted by molar-refractivity contribution is 5.97. The van der Waals surface area contributed by atoms with Crippen LogP contribution in [0, 0.1) is 20.8 Å². The zero-order chi connectivity index (χ0) is 21.0. The Kier molecular flexibility index (Phi) is 6.27. The van der Waals surface area contributed by atoms with Crippen molar-refractivity contribution < 1.29 is 9.59 Å². The van der Waals surface area contributed by atoms with Gasteiger partial charge in [-0.15, -0.1) is 0 Å². The minimum atomic E-state index is -0.0447. The third-order valence-electron chi connectivity index (χ3n) is 5.20. The Hall–Kier alpha value is -3.21. The summed E-state index contributed by atoms with van der Waals surface area (Å²) in [7, 11) is 1.78. The molecule has 0 saturated carbocycles. The third kappa shape index (κ3) is 4.80. The van der Waals surface area contributed by atoms with Crippen LogP contribution in [0.1, 0.15) is 45.7 Å². The number of amides is 1. The minimum absolute atomic E-state index is 0.00370. The van der Waals surface area contributed by atoms with Crippen LogP contribution in [0.4, 0.5) is 0 Å². The van der Waals surface area contributed by atoms with E-state index in [-0.39, 0.29) is 24.5 Å². The van der Waals surface area contributed by atoms with Gasteiger partial charge in [-0.2, -0.15) is 5.10 Å². The lowest BCUT2D eigenvalue weighted by molar-refractivity contribution is -0.130. The summed E-state index contributed by atoms with van der Waals surface area (Å²) in [5, 5.41) is 4.64. The summed E-state index contributed by atoms with van der Waals surface area (Å²) >= 11 is 0. The average molecular weight is 389 g/mol. The molecule has 29 heavy (non-hydrogen) atoms. The summed E-state index contributed by atoms with van der Waals surface area (Å²) in [6, 6.07) is 17.4. The second kappa shape index (κ2) is 8.86. The van der Waals surface area contributed by atoms with Crippen LogP contribution in [0.5, 0.6) is 0 Å². The first-order chi connectivity index (χ1) is 13.9. The Labute approximate surface area is 172 Å². The van der Waals surface area contributed by atoms with Gasteiger partial charge in [-0.1, -0.05) is 48.0 Å². The molecule has 0 radical (unpaired) electrons. The fourth-order valence-corrected chi connectivity index (χ4v) is 3.34. The van der Waals surface area contributed by atoms with Crippen molar-refractivity contribution >= 4 is 11.7 Å². The van der Waals surface area contributed by atoms with Crippen molar-refractivity contribution in [1.82, 2.24) is 14.7 Å². The van der Waals surface area contributed by atoms with Crippen molar-refractivity contribution in [2.75, 3.05) is 7.05 Å². The van der Waals surface area contributed by atoms with Crippen LogP contribution in [0.2, 0.25) is 0 Å². The lowest BCUT2D eigenvalue weighted by Crippen LogP contribution is -2.27. The highest BCUT2D eigenvalue weighted by Crippen LogP contribution is 2.19. The Bertz CT molecular complexity index is 1000. The van der Waals surface area contributed by atoms with Crippen molar-refractivity contribution in [2.45, 2.75) is 40.2 Å². The number of hydrogen-bond acceptors (Lipinski definition) is 3. The summed E-state index contributed by atoms with van der Waals surface area (Å²) in [6.45, 7) is 6.43. The lowest BCUT2D eigenvalue weighted by atomic mass is 10.0. The number of aromatic nitrogens is 2. The predicted molar refractivity (Wildman–Crippen MR) is 114 cm³/mol. The minimum Gasteiger partial charge on any atom is -0.341 e. The molecule has 0 N–H and O–H groups in total. The van der Waals surface area contributed by atoms with Gasteiger partial charge in [0.15, 0.2) is 5.78 Å². The summed E-state index contributed by atoms with van der Waals surface area (Å²) in [4.78, 5) is 26.6. The van der Waals surface area contributed by atoms with E-state index in [1.165, 1.54) is 0 Å². The molecule has 3 rings (SSSR count). The van der Waals surface area contributed by atoms with E-state index in [2.05, 4.69) is 5.10 Å². The Morgan fingerprint density at radius 1 is 0.931 bits per heavy atom. The summed E-state index contributed by atoms with van der Waals surface area (Å²) in [5.74, 6) is -0.0484. The summed E-state index contributed by atoms with van der Waals surface area (Å²) in [5.41, 5.74) is 5.72. The molecule has 0 fully saturated rings. The summed E-state index contributed by atoms with van der Waals surface area (Å²) < 4.78 is 1.91. The third-order valence-corrected chi connectivity index (χ3v) is 5.20. The van der Waals surface area contributed by atoms with Crippen LogP contribution in [-0.4, -0.2) is 33.4 Å². The zero-order valence-corrected chi connectivity index (χ0v) is 17.5. The highest BCUT2D eigenvalue weighted by atomic mass is 16.2. The molecule has 5 nitrogen and oxygen atoms in total. The molecular weight excluding hydrogens is 362 g/mol. The monoisotopic (exact) mass is 389 g/mol. The first-order valence-electron chi connectivity index (χ1n) is 9.81. The van der Waals surface area contributed by atoms with Crippen LogP contribution < -0.4 is 0 Å². The predicted octanol–water partition coefficient (Wildman–Crippen LogP) is 4.42. The van der Waals surface area contributed by atoms with Gasteiger partial charge in [-0.05, 0) is 32.9 Å². The van der Waals surface area contributed by atoms with E-state index in [0.29, 0.717) is 12.1 Å². The van der Waals surface area contributed by atoms with Gasteiger partial charge in [0, 0.05) is 43.3 Å². The fourth-order valence-electron chi connectivity index (χ4n) is 3.34. The Balaban J connectivity index is 1.63. The second-order valence-electron chi connectivity index (χ2n) is 7.44. The van der Waals surface area contributed by atoms with Crippen LogP contribution >= 0.6 is 0 Å². The van der Waals surface area contributed by atoms with Gasteiger partial charge in [0.1, 0.15) is 0 Å². The molecule has 3 aromatic rings. The van der Waals surface area contributed by atoms with E-state index in [9.17, 15) is 9.59 Å². The SMILES string of the molecule is Cc1ccc(C(=O)CCC(=O)N(C)Cc2c(C)nn(-c3ccccc3)c2C)cc1. The Morgan fingerprint density at radius 2 is 1.59 bits per heavy atom. The number of para-hydroxylation sites is 1. The van der Waals surface area contributed by atoms with Crippen LogP contribution in [0.3, 0.4) is 0 Å². The zero-order valence-electron chi connectivity index (χ0n) is 17.5. The van der Waals surface area contributed by atoms with E-state index in [1.54, 1.807) is 11.9 Å². The second-order valence-corrected chi connectivity index (χ2v) is 7.44. The lowest BCUT2D eigenvalue weighted by Gasteiger charge is -2.17. The van der Waals surface area contributed by atoms with Crippen LogP contribution in [0.25, 0.3) is 5.69 Å². The molecule has 0 bridgehead atoms. The molecule has 0 unspecified atom stereocenters. The van der Waals surface area contributed by atoms with Crippen molar-refractivity contribution in [2.24, 2.45) is 0 Å². The molecule has 0 aliphatic carbocycles. The average Bonchev–Trinajstić information content (AvgIpc) is 3.01. The topological polar surface area (TPSA) is 55.2 Å². The largest absolute Gasteiger partial charge is 0.341 e. The van der Waals surface area contributed by atoms with E-state index in [0.717, 1.165) is 28.2 Å². The molecule has 0 spiro atoms. The first kappa shape index (κ1) is 20.5. The molecule has 150 valence electrons. The number of nitrogens with zero attached hydrogens (tertiary/aromatic N) is 3. The number of rotatable bonds is 7. The smallest absolute Gasteiger partial charge is 0.223 e. The molecule has 0 saturated heterocycles. The van der Waals surface area contributed by atoms with E-state index in [1.807, 2.05) is 80.1 Å². The van der Waals surface area contributed by atoms with Gasteiger partial charge < -0.3 is 4.90 Å². The van der Waals surface area contributed by atoms with E-state index < -0.39 is 0 Å². The number of carbonyl (C=O) groups is 2. The van der Waals surface area contributed by atoms with Crippen LogP contribution in [-0.2, 0) is 11.3 Å². The standard InChI is InChI=1S/C24H27N3O2/c1-17-10-12-20(13-11-17)23(28)14-15-24(29)26(4)16-22-18(2)25-27(19(22)3)21-8-6-5-7-9-21/h5-13H,14-16H2,1-4H3. The molecular formula is C24H27N3O2. The number of ketones is 1. The molecule has 0 aliphatic rings. The van der Waals surface area contributed by atoms with Crippen molar-refractivity contribution in [3.8, 4) is 5.69 Å². The number of benzene rings is 2. The van der Waals surface area contributed by atoms with Crippen molar-refractivity contribution in [3.63, 3.8) is 0 Å². The molecule has 1 amide bonds. The molecule has 2 aromatic carbocycles. The molecule has 0 aliphatic heterocycles. The quantitative estimate of drug-likeness (QED) is 0.562. The fraction of sp³-hybridized carbons (Fsp3) is 0.292. The first-order valence-corrected chi connectivity index (χ1v) is 9.81. The molecule has 0 atom stereocenters. The highest BCUT2D eigenvalue weighted by Gasteiger charge is 2.18.